The lowest BCUT2D eigenvalue weighted by Crippen LogP contribution is -2.47. The zero-order valence-corrected chi connectivity index (χ0v) is 28.2. The van der Waals surface area contributed by atoms with Crippen molar-refractivity contribution >= 4 is 84.4 Å². The summed E-state index contributed by atoms with van der Waals surface area (Å²) in [5.74, 6) is 1.49. The van der Waals surface area contributed by atoms with Crippen molar-refractivity contribution in [2.24, 2.45) is 0 Å². The number of aryl methyl sites for hydroxylation is 1. The summed E-state index contributed by atoms with van der Waals surface area (Å²) in [5, 5.41) is 4.28. The number of aromatic nitrogens is 2. The van der Waals surface area contributed by atoms with Crippen molar-refractivity contribution in [2.75, 3.05) is 51.3 Å². The van der Waals surface area contributed by atoms with Gasteiger partial charge in [0.1, 0.15) is 17.3 Å². The van der Waals surface area contributed by atoms with E-state index in [1.807, 2.05) is 54.0 Å². The molecule has 3 aromatic rings. The topological polar surface area (TPSA) is 62.6 Å². The third-order valence-corrected chi connectivity index (χ3v) is 7.58. The molecule has 0 saturated carbocycles. The fourth-order valence-electron chi connectivity index (χ4n) is 4.84. The summed E-state index contributed by atoms with van der Waals surface area (Å²) in [4.78, 5) is 22.5. The van der Waals surface area contributed by atoms with Gasteiger partial charge in [-0.1, -0.05) is 48.3 Å². The van der Waals surface area contributed by atoms with Crippen LogP contribution >= 0.6 is 72.8 Å². The van der Waals surface area contributed by atoms with Crippen molar-refractivity contribution in [2.45, 2.75) is 33.1 Å². The van der Waals surface area contributed by atoms with Gasteiger partial charge in [-0.2, -0.15) is 0 Å². The molecule has 2 heterocycles. The van der Waals surface area contributed by atoms with Gasteiger partial charge in [0.05, 0.1) is 34.2 Å². The summed E-state index contributed by atoms with van der Waals surface area (Å²) in [6.07, 6.45) is 2.58. The van der Waals surface area contributed by atoms with Crippen LogP contribution in [0.3, 0.4) is 0 Å². The summed E-state index contributed by atoms with van der Waals surface area (Å²) in [5.41, 5.74) is 3.18. The fourth-order valence-corrected chi connectivity index (χ4v) is 5.25. The van der Waals surface area contributed by atoms with Crippen LogP contribution in [0.15, 0.2) is 42.5 Å². The van der Waals surface area contributed by atoms with E-state index in [-0.39, 0.29) is 55.5 Å². The van der Waals surface area contributed by atoms with Gasteiger partial charge in [0.25, 0.3) is 5.91 Å². The molecule has 230 valence electrons. The Labute approximate surface area is 277 Å². The third-order valence-electron chi connectivity index (χ3n) is 6.77. The first-order valence-electron chi connectivity index (χ1n) is 12.9. The van der Waals surface area contributed by atoms with Crippen LogP contribution in [0.4, 0.5) is 5.69 Å². The summed E-state index contributed by atoms with van der Waals surface area (Å²) in [6.45, 7) is 9.26. The van der Waals surface area contributed by atoms with Crippen molar-refractivity contribution < 1.29 is 9.53 Å². The molecule has 41 heavy (non-hydrogen) atoms. The molecule has 7 nitrogen and oxygen atoms in total. The molecule has 0 unspecified atom stereocenters. The highest BCUT2D eigenvalue weighted by Crippen LogP contribution is 2.33. The Morgan fingerprint density at radius 2 is 1.63 bits per heavy atom. The van der Waals surface area contributed by atoms with E-state index >= 15 is 0 Å². The number of piperazine rings is 1. The Balaban J connectivity index is 0.00000400. The molecule has 1 N–H and O–H groups in total. The molecule has 1 aromatic heterocycles. The van der Waals surface area contributed by atoms with Gasteiger partial charge in [-0.3, -0.25) is 14.3 Å². The SMILES string of the molecule is CCCc1nc(C(=O)NCCCN2CCN(c3cccc(Cl)c3Cl)CC2)c(C)n1-c1ccccc1OC.Cl.Cl.Cl.Cl. The molecule has 1 amide bonds. The summed E-state index contributed by atoms with van der Waals surface area (Å²) in [6, 6.07) is 13.6. The highest BCUT2D eigenvalue weighted by molar-refractivity contribution is 6.43. The van der Waals surface area contributed by atoms with Crippen molar-refractivity contribution in [3.63, 3.8) is 0 Å². The minimum atomic E-state index is -0.135. The number of hydrogen-bond acceptors (Lipinski definition) is 5. The van der Waals surface area contributed by atoms with Crippen LogP contribution in [0, 0.1) is 6.92 Å². The normalized spacial score (nSPS) is 12.8. The van der Waals surface area contributed by atoms with E-state index in [4.69, 9.17) is 32.9 Å². The number of ether oxygens (including phenoxy) is 1. The molecule has 0 radical (unpaired) electrons. The lowest BCUT2D eigenvalue weighted by Gasteiger charge is -2.36. The van der Waals surface area contributed by atoms with Gasteiger partial charge in [-0.15, -0.1) is 49.6 Å². The smallest absolute Gasteiger partial charge is 0.271 e. The summed E-state index contributed by atoms with van der Waals surface area (Å²) in [7, 11) is 1.66. The maximum atomic E-state index is 13.1. The first-order valence-corrected chi connectivity index (χ1v) is 13.6. The fraction of sp³-hybridized carbons (Fsp3) is 0.429. The van der Waals surface area contributed by atoms with Gasteiger partial charge in [0.2, 0.25) is 0 Å². The molecule has 0 aliphatic carbocycles. The van der Waals surface area contributed by atoms with Gasteiger partial charge in [-0.05, 0) is 50.6 Å². The number of amides is 1. The first kappa shape index (κ1) is 39.4. The standard InChI is InChI=1S/C28H35Cl2N5O2.4ClH/c1-4-9-25-32-27(20(2)35(25)22-11-5-6-13-24(22)37-3)28(36)31-14-8-15-33-16-18-34(19-17-33)23-12-7-10-21(29)26(23)30;;;;/h5-7,10-13H,4,8-9,14-19H2,1-3H3,(H,31,36);4*1H. The van der Waals surface area contributed by atoms with Crippen LogP contribution in [0.1, 0.15) is 41.8 Å². The number of hydrogen-bond donors (Lipinski definition) is 1. The molecule has 0 spiro atoms. The molecule has 0 atom stereocenters. The average molecular weight is 690 g/mol. The van der Waals surface area contributed by atoms with Gasteiger partial charge in [-0.25, -0.2) is 4.98 Å². The number of nitrogens with zero attached hydrogens (tertiary/aromatic N) is 4. The zero-order chi connectivity index (χ0) is 26.4. The largest absolute Gasteiger partial charge is 0.495 e. The lowest BCUT2D eigenvalue weighted by atomic mass is 10.2. The van der Waals surface area contributed by atoms with Gasteiger partial charge in [0, 0.05) is 39.1 Å². The van der Waals surface area contributed by atoms with Gasteiger partial charge in [0.15, 0.2) is 0 Å². The molecule has 2 aromatic carbocycles. The molecule has 1 fully saturated rings. The number of rotatable bonds is 10. The molecule has 13 heteroatoms. The second-order valence-electron chi connectivity index (χ2n) is 9.23. The van der Waals surface area contributed by atoms with Crippen molar-refractivity contribution in [3.8, 4) is 11.4 Å². The number of anilines is 1. The quantitative estimate of drug-likeness (QED) is 0.231. The second-order valence-corrected chi connectivity index (χ2v) is 10.0. The Morgan fingerprint density at radius 3 is 2.29 bits per heavy atom. The molecule has 1 aliphatic rings. The molecule has 0 bridgehead atoms. The number of para-hydroxylation sites is 2. The number of halogens is 6. The van der Waals surface area contributed by atoms with E-state index < -0.39 is 0 Å². The van der Waals surface area contributed by atoms with E-state index in [9.17, 15) is 4.79 Å². The summed E-state index contributed by atoms with van der Waals surface area (Å²) < 4.78 is 7.61. The van der Waals surface area contributed by atoms with Crippen LogP contribution in [0.25, 0.3) is 5.69 Å². The maximum Gasteiger partial charge on any atom is 0.271 e. The zero-order valence-electron chi connectivity index (χ0n) is 23.4. The third kappa shape index (κ3) is 9.45. The number of nitrogens with one attached hydrogen (secondary N) is 1. The molecular weight excluding hydrogens is 651 g/mol. The minimum absolute atomic E-state index is 0. The highest BCUT2D eigenvalue weighted by Gasteiger charge is 2.22. The van der Waals surface area contributed by atoms with E-state index in [1.54, 1.807) is 7.11 Å². The molecular formula is C28H39Cl6N5O2. The Kier molecular flexibility index (Phi) is 18.1. The molecule has 1 saturated heterocycles. The summed E-state index contributed by atoms with van der Waals surface area (Å²) >= 11 is 12.6. The van der Waals surface area contributed by atoms with Crippen LogP contribution in [-0.2, 0) is 6.42 Å². The number of benzene rings is 2. The van der Waals surface area contributed by atoms with E-state index in [0.717, 1.165) is 80.6 Å². The van der Waals surface area contributed by atoms with Crippen molar-refractivity contribution in [1.29, 1.82) is 0 Å². The molecule has 1 aliphatic heterocycles. The highest BCUT2D eigenvalue weighted by atomic mass is 35.5. The van der Waals surface area contributed by atoms with E-state index in [1.165, 1.54) is 0 Å². The van der Waals surface area contributed by atoms with Crippen LogP contribution in [0.2, 0.25) is 10.0 Å². The molecule has 4 rings (SSSR count). The Bertz CT molecular complexity index is 1230. The first-order chi connectivity index (χ1) is 17.9. The maximum absolute atomic E-state index is 13.1. The second kappa shape index (κ2) is 18.9. The van der Waals surface area contributed by atoms with E-state index in [2.05, 4.69) is 22.0 Å². The van der Waals surface area contributed by atoms with Crippen molar-refractivity contribution in [3.05, 3.63) is 69.7 Å². The van der Waals surface area contributed by atoms with Crippen molar-refractivity contribution in [1.82, 2.24) is 19.8 Å². The van der Waals surface area contributed by atoms with Gasteiger partial charge < -0.3 is 15.0 Å². The predicted octanol–water partition coefficient (Wildman–Crippen LogP) is 7.08. The van der Waals surface area contributed by atoms with Crippen LogP contribution in [-0.4, -0.2) is 66.7 Å². The number of methoxy groups -OCH3 is 1. The number of carbonyl (C=O) groups is 1. The average Bonchev–Trinajstić information content (AvgIpc) is 3.24. The van der Waals surface area contributed by atoms with Crippen LogP contribution < -0.4 is 15.0 Å². The Morgan fingerprint density at radius 1 is 0.976 bits per heavy atom. The van der Waals surface area contributed by atoms with Gasteiger partial charge >= 0.3 is 0 Å². The number of imidazole rings is 1. The van der Waals surface area contributed by atoms with E-state index in [0.29, 0.717) is 22.3 Å². The predicted molar refractivity (Wildman–Crippen MR) is 180 cm³/mol. The monoisotopic (exact) mass is 687 g/mol. The Hall–Kier alpha value is -1.58. The minimum Gasteiger partial charge on any atom is -0.495 e. The number of carbonyl (C=O) groups excluding carboxylic acids is 1. The van der Waals surface area contributed by atoms with Crippen LogP contribution in [0.5, 0.6) is 5.75 Å². The lowest BCUT2D eigenvalue weighted by molar-refractivity contribution is 0.0946.